The molecule has 1 N–H and O–H groups in total. The molecule has 0 bridgehead atoms. The number of imidazole rings is 1. The maximum Gasteiger partial charge on any atom is 0.179 e. The van der Waals surface area contributed by atoms with Crippen LogP contribution in [0.5, 0.6) is 0 Å². The van der Waals surface area contributed by atoms with E-state index in [1.807, 2.05) is 16.8 Å². The number of hydrogen-bond acceptors (Lipinski definition) is 3. The third-order valence-electron chi connectivity index (χ3n) is 2.82. The maximum atomic E-state index is 5.34. The number of aryl methyl sites for hydroxylation is 1. The van der Waals surface area contributed by atoms with Gasteiger partial charge >= 0.3 is 0 Å². The quantitative estimate of drug-likeness (QED) is 0.850. The minimum atomic E-state index is 0.410. The van der Waals surface area contributed by atoms with Gasteiger partial charge in [0.25, 0.3) is 0 Å². The number of H-pyrrole nitrogens is 1. The van der Waals surface area contributed by atoms with Crippen LogP contribution in [0.4, 0.5) is 0 Å². The third kappa shape index (κ3) is 2.40. The van der Waals surface area contributed by atoms with Crippen LogP contribution in [0.25, 0.3) is 11.2 Å². The molecule has 92 valence electrons. The Labute approximate surface area is 106 Å². The minimum absolute atomic E-state index is 0.410. The second kappa shape index (κ2) is 4.98. The first-order chi connectivity index (χ1) is 8.13. The summed E-state index contributed by atoms with van der Waals surface area (Å²) in [6.07, 6.45) is 1.82. The van der Waals surface area contributed by atoms with E-state index in [4.69, 9.17) is 17.0 Å². The molecule has 5 heteroatoms. The molecule has 2 rings (SSSR count). The largest absolute Gasteiger partial charge is 0.384 e. The van der Waals surface area contributed by atoms with E-state index in [-0.39, 0.29) is 0 Å². The average Bonchev–Trinajstić information content (AvgIpc) is 2.58. The Kier molecular flexibility index (Phi) is 3.59. The fourth-order valence-corrected chi connectivity index (χ4v) is 2.25. The van der Waals surface area contributed by atoms with E-state index in [1.54, 1.807) is 7.11 Å². The summed E-state index contributed by atoms with van der Waals surface area (Å²) in [7, 11) is 1.72. The molecule has 0 spiro atoms. The summed E-state index contributed by atoms with van der Waals surface area (Å²) in [5, 5.41) is 0. The highest BCUT2D eigenvalue weighted by Crippen LogP contribution is 2.16. The first kappa shape index (κ1) is 12.3. The van der Waals surface area contributed by atoms with Crippen LogP contribution in [0, 0.1) is 17.6 Å². The van der Waals surface area contributed by atoms with E-state index in [0.29, 0.717) is 5.92 Å². The number of aromatic nitrogens is 3. The highest BCUT2D eigenvalue weighted by Gasteiger charge is 2.10. The number of aromatic amines is 1. The lowest BCUT2D eigenvalue weighted by Gasteiger charge is -2.11. The Morgan fingerprint density at radius 3 is 3.06 bits per heavy atom. The zero-order valence-corrected chi connectivity index (χ0v) is 11.2. The van der Waals surface area contributed by atoms with Crippen LogP contribution in [0.3, 0.4) is 0 Å². The summed E-state index contributed by atoms with van der Waals surface area (Å²) >= 11 is 5.34. The van der Waals surface area contributed by atoms with Crippen molar-refractivity contribution in [3.05, 3.63) is 22.6 Å². The molecule has 1 atom stereocenters. The van der Waals surface area contributed by atoms with Gasteiger partial charge in [0.1, 0.15) is 0 Å². The number of nitrogens with zero attached hydrogens (tertiary/aromatic N) is 2. The Morgan fingerprint density at radius 1 is 1.59 bits per heavy atom. The van der Waals surface area contributed by atoms with E-state index in [2.05, 4.69) is 23.8 Å². The number of rotatable bonds is 4. The van der Waals surface area contributed by atoms with Crippen molar-refractivity contribution in [3.8, 4) is 0 Å². The third-order valence-corrected chi connectivity index (χ3v) is 3.14. The summed E-state index contributed by atoms with van der Waals surface area (Å²) in [6, 6.07) is 1.98. The lowest BCUT2D eigenvalue weighted by molar-refractivity contribution is 0.151. The van der Waals surface area contributed by atoms with Gasteiger partial charge in [0.15, 0.2) is 10.4 Å². The van der Waals surface area contributed by atoms with E-state index in [9.17, 15) is 0 Å². The van der Waals surface area contributed by atoms with Gasteiger partial charge in [-0.25, -0.2) is 4.98 Å². The second-order valence-corrected chi connectivity index (χ2v) is 4.81. The first-order valence-electron chi connectivity index (χ1n) is 5.66. The summed E-state index contributed by atoms with van der Waals surface area (Å²) < 4.78 is 7.92. The lowest BCUT2D eigenvalue weighted by atomic mass is 10.2. The molecule has 0 aromatic carbocycles. The van der Waals surface area contributed by atoms with Gasteiger partial charge in [0.2, 0.25) is 0 Å². The smallest absolute Gasteiger partial charge is 0.179 e. The fourth-order valence-electron chi connectivity index (χ4n) is 1.99. The highest BCUT2D eigenvalue weighted by atomic mass is 32.1. The molecule has 0 saturated heterocycles. The van der Waals surface area contributed by atoms with Crippen molar-refractivity contribution in [1.29, 1.82) is 0 Å². The van der Waals surface area contributed by atoms with Gasteiger partial charge in [-0.2, -0.15) is 0 Å². The highest BCUT2D eigenvalue weighted by molar-refractivity contribution is 7.71. The molecule has 0 aliphatic carbocycles. The van der Waals surface area contributed by atoms with Crippen molar-refractivity contribution in [2.24, 2.45) is 5.92 Å². The number of methoxy groups -OCH3 is 1. The van der Waals surface area contributed by atoms with Crippen LogP contribution in [0.2, 0.25) is 0 Å². The van der Waals surface area contributed by atoms with Crippen LogP contribution >= 0.6 is 12.2 Å². The first-order valence-corrected chi connectivity index (χ1v) is 6.07. The predicted octanol–water partition coefficient (Wildman–Crippen LogP) is 2.68. The Morgan fingerprint density at radius 2 is 2.35 bits per heavy atom. The minimum Gasteiger partial charge on any atom is -0.384 e. The topological polar surface area (TPSA) is 42.8 Å². The summed E-state index contributed by atoms with van der Waals surface area (Å²) in [5.41, 5.74) is 3.12. The van der Waals surface area contributed by atoms with Gasteiger partial charge < -0.3 is 14.3 Å². The molecule has 0 amide bonds. The summed E-state index contributed by atoms with van der Waals surface area (Å²) in [6.45, 7) is 5.74. The molecule has 2 heterocycles. The number of fused-ring (bicyclic) bond motifs is 1. The molecule has 1 unspecified atom stereocenters. The Hall–Kier alpha value is -1.20. The van der Waals surface area contributed by atoms with Gasteiger partial charge in [-0.05, 0) is 36.7 Å². The van der Waals surface area contributed by atoms with E-state index in [0.717, 1.165) is 29.1 Å². The van der Waals surface area contributed by atoms with Crippen molar-refractivity contribution in [1.82, 2.24) is 14.5 Å². The molecular formula is C12H17N3OS. The standard InChI is InChI=1S/C12H17N3OS/c1-8(7-16-3)6-15-11-10(14-12(15)17)9(2)4-5-13-11/h4-5,8H,6-7H2,1-3H3,(H,14,17). The molecule has 0 radical (unpaired) electrons. The van der Waals surface area contributed by atoms with E-state index in [1.165, 1.54) is 5.56 Å². The average molecular weight is 251 g/mol. The predicted molar refractivity (Wildman–Crippen MR) is 70.7 cm³/mol. The molecule has 4 nitrogen and oxygen atoms in total. The molecule has 2 aromatic rings. The molecule has 0 fully saturated rings. The SMILES string of the molecule is COCC(C)Cn1c(=S)[nH]c2c(C)ccnc21. The van der Waals surface area contributed by atoms with Crippen molar-refractivity contribution in [2.75, 3.05) is 13.7 Å². The van der Waals surface area contributed by atoms with Crippen molar-refractivity contribution >= 4 is 23.4 Å². The number of pyridine rings is 1. The van der Waals surface area contributed by atoms with Gasteiger partial charge in [-0.3, -0.25) is 0 Å². The molecule has 17 heavy (non-hydrogen) atoms. The molecule has 0 aliphatic rings. The number of hydrogen-bond donors (Lipinski definition) is 1. The lowest BCUT2D eigenvalue weighted by Crippen LogP contribution is -2.13. The summed E-state index contributed by atoms with van der Waals surface area (Å²) in [4.78, 5) is 7.62. The van der Waals surface area contributed by atoms with Crippen molar-refractivity contribution in [2.45, 2.75) is 20.4 Å². The van der Waals surface area contributed by atoms with Crippen LogP contribution < -0.4 is 0 Å². The van der Waals surface area contributed by atoms with E-state index < -0.39 is 0 Å². The Balaban J connectivity index is 2.43. The summed E-state index contributed by atoms with van der Waals surface area (Å²) in [5.74, 6) is 0.410. The molecule has 2 aromatic heterocycles. The fraction of sp³-hybridized carbons (Fsp3) is 0.500. The zero-order valence-electron chi connectivity index (χ0n) is 10.4. The van der Waals surface area contributed by atoms with Crippen LogP contribution in [0.15, 0.2) is 12.3 Å². The van der Waals surface area contributed by atoms with Gasteiger partial charge in [0.05, 0.1) is 12.1 Å². The number of ether oxygens (including phenoxy) is 1. The van der Waals surface area contributed by atoms with Crippen molar-refractivity contribution < 1.29 is 4.74 Å². The Bertz CT molecular complexity index is 573. The molecule has 0 saturated carbocycles. The van der Waals surface area contributed by atoms with E-state index >= 15 is 0 Å². The maximum absolute atomic E-state index is 5.34. The second-order valence-electron chi connectivity index (χ2n) is 4.43. The van der Waals surface area contributed by atoms with Crippen LogP contribution in [0.1, 0.15) is 12.5 Å². The molecule has 0 aliphatic heterocycles. The zero-order chi connectivity index (χ0) is 12.4. The number of nitrogens with one attached hydrogen (secondary N) is 1. The van der Waals surface area contributed by atoms with Crippen LogP contribution in [-0.2, 0) is 11.3 Å². The van der Waals surface area contributed by atoms with Gasteiger partial charge in [-0.1, -0.05) is 6.92 Å². The molecular weight excluding hydrogens is 234 g/mol. The monoisotopic (exact) mass is 251 g/mol. The van der Waals surface area contributed by atoms with Gasteiger partial charge in [-0.15, -0.1) is 0 Å². The van der Waals surface area contributed by atoms with Crippen LogP contribution in [-0.4, -0.2) is 28.3 Å². The normalized spacial score (nSPS) is 13.1. The van der Waals surface area contributed by atoms with Gasteiger partial charge in [0, 0.05) is 19.9 Å². The van der Waals surface area contributed by atoms with Crippen molar-refractivity contribution in [3.63, 3.8) is 0 Å².